The number of benzene rings is 2. The fraction of sp³-hybridized carbons (Fsp3) is 0.556. The summed E-state index contributed by atoms with van der Waals surface area (Å²) in [6, 6.07) is 9.75. The third-order valence-electron chi connectivity index (χ3n) is 6.80. The Morgan fingerprint density at radius 2 is 1.20 bits per heavy atom. The highest BCUT2D eigenvalue weighted by Gasteiger charge is 2.44. The van der Waals surface area contributed by atoms with Crippen LogP contribution in [0.15, 0.2) is 30.3 Å². The summed E-state index contributed by atoms with van der Waals surface area (Å²) >= 11 is 0. The van der Waals surface area contributed by atoms with Crippen LogP contribution in [-0.4, -0.2) is 42.5 Å². The van der Waals surface area contributed by atoms with Crippen molar-refractivity contribution in [3.05, 3.63) is 41.5 Å². The van der Waals surface area contributed by atoms with Crippen LogP contribution in [0.25, 0.3) is 0 Å². The topological polar surface area (TPSA) is 64.6 Å². The third kappa shape index (κ3) is 5.55. The van der Waals surface area contributed by atoms with E-state index >= 15 is 0 Å². The Morgan fingerprint density at radius 1 is 0.714 bits per heavy atom. The SMILES string of the molecule is COc1ccc([C@H]2OC(C)(C)O[C@@H]2c2cc(OC)c(OC)c(OC)c2)cc1O[Si](C)(C)C(C)(C)C. The molecule has 3 rings (SSSR count). The lowest BCUT2D eigenvalue weighted by Crippen LogP contribution is -2.44. The normalized spacial score (nSPS) is 19.9. The summed E-state index contributed by atoms with van der Waals surface area (Å²) < 4.78 is 41.7. The maximum Gasteiger partial charge on any atom is 0.250 e. The van der Waals surface area contributed by atoms with Gasteiger partial charge in [0.2, 0.25) is 5.75 Å². The molecule has 1 saturated heterocycles. The van der Waals surface area contributed by atoms with E-state index in [1.165, 1.54) is 0 Å². The van der Waals surface area contributed by atoms with Crippen LogP contribution in [0.2, 0.25) is 18.1 Å². The Hall–Kier alpha value is -2.42. The summed E-state index contributed by atoms with van der Waals surface area (Å²) in [5.74, 6) is 2.27. The Labute approximate surface area is 210 Å². The van der Waals surface area contributed by atoms with Gasteiger partial charge in [0, 0.05) is 0 Å². The van der Waals surface area contributed by atoms with Gasteiger partial charge in [-0.3, -0.25) is 0 Å². The van der Waals surface area contributed by atoms with Gasteiger partial charge in [0.15, 0.2) is 23.0 Å². The van der Waals surface area contributed by atoms with Crippen molar-refractivity contribution < 1.29 is 32.8 Å². The molecule has 2 aromatic carbocycles. The summed E-state index contributed by atoms with van der Waals surface area (Å²) in [7, 11) is 4.34. The van der Waals surface area contributed by atoms with Crippen LogP contribution in [0.5, 0.6) is 28.7 Å². The minimum atomic E-state index is -2.10. The minimum absolute atomic E-state index is 0.0434. The van der Waals surface area contributed by atoms with Crippen LogP contribution in [0.3, 0.4) is 0 Å². The van der Waals surface area contributed by atoms with Crippen molar-refractivity contribution in [1.82, 2.24) is 0 Å². The molecule has 194 valence electrons. The second-order valence-corrected chi connectivity index (χ2v) is 15.4. The first-order chi connectivity index (χ1) is 16.3. The van der Waals surface area contributed by atoms with E-state index < -0.39 is 20.2 Å². The van der Waals surface area contributed by atoms with Gasteiger partial charge < -0.3 is 32.8 Å². The van der Waals surface area contributed by atoms with Crippen LogP contribution in [0.1, 0.15) is 58.0 Å². The molecular formula is C27H40O7Si. The molecule has 0 unspecified atom stereocenters. The molecule has 0 spiro atoms. The lowest BCUT2D eigenvalue weighted by molar-refractivity contribution is -0.147. The highest BCUT2D eigenvalue weighted by atomic mass is 28.4. The standard InChI is InChI=1S/C27H40O7Si/c1-26(2,3)35(10,11)34-20-14-17(12-13-19(20)28-6)23-24(33-27(4,5)32-23)18-15-21(29-7)25(31-9)22(16-18)30-8/h12-16,23-24H,1-11H3/t23-,24-/m1/s1. The Balaban J connectivity index is 2.08. The molecule has 0 bridgehead atoms. The number of hydrogen-bond acceptors (Lipinski definition) is 7. The van der Waals surface area contributed by atoms with Crippen molar-refractivity contribution in [3.63, 3.8) is 0 Å². The van der Waals surface area contributed by atoms with Gasteiger partial charge in [-0.15, -0.1) is 0 Å². The fourth-order valence-electron chi connectivity index (χ4n) is 3.89. The second kappa shape index (κ2) is 9.91. The predicted molar refractivity (Wildman–Crippen MR) is 139 cm³/mol. The van der Waals surface area contributed by atoms with Crippen LogP contribution >= 0.6 is 0 Å². The lowest BCUT2D eigenvalue weighted by atomic mass is 9.97. The number of ether oxygens (including phenoxy) is 6. The molecule has 0 radical (unpaired) electrons. The molecule has 0 saturated carbocycles. The molecule has 0 N–H and O–H groups in total. The first-order valence-corrected chi connectivity index (χ1v) is 14.7. The van der Waals surface area contributed by atoms with Crippen LogP contribution in [0, 0.1) is 0 Å². The zero-order valence-electron chi connectivity index (χ0n) is 22.9. The molecule has 0 aromatic heterocycles. The molecule has 1 fully saturated rings. The van der Waals surface area contributed by atoms with E-state index in [0.717, 1.165) is 11.1 Å². The molecule has 1 aliphatic rings. The van der Waals surface area contributed by atoms with Crippen molar-refractivity contribution in [3.8, 4) is 28.7 Å². The van der Waals surface area contributed by atoms with Crippen molar-refractivity contribution >= 4 is 8.32 Å². The monoisotopic (exact) mass is 504 g/mol. The van der Waals surface area contributed by atoms with Gasteiger partial charge in [-0.05, 0) is 67.4 Å². The van der Waals surface area contributed by atoms with Crippen molar-refractivity contribution in [2.75, 3.05) is 28.4 Å². The van der Waals surface area contributed by atoms with E-state index in [2.05, 4.69) is 33.9 Å². The summed E-state index contributed by atoms with van der Waals surface area (Å²) in [6.45, 7) is 14.9. The molecule has 7 nitrogen and oxygen atoms in total. The Kier molecular flexibility index (Phi) is 7.69. The van der Waals surface area contributed by atoms with E-state index in [4.69, 9.17) is 32.8 Å². The van der Waals surface area contributed by atoms with Gasteiger partial charge in [-0.1, -0.05) is 26.8 Å². The van der Waals surface area contributed by atoms with E-state index in [1.807, 2.05) is 44.2 Å². The number of rotatable bonds is 8. The average molecular weight is 505 g/mol. The summed E-state index contributed by atoms with van der Waals surface area (Å²) in [5, 5.41) is 0.0434. The average Bonchev–Trinajstić information content (AvgIpc) is 3.12. The summed E-state index contributed by atoms with van der Waals surface area (Å²) in [6.07, 6.45) is -0.798. The van der Waals surface area contributed by atoms with Crippen molar-refractivity contribution in [2.24, 2.45) is 0 Å². The maximum atomic E-state index is 6.65. The molecule has 0 amide bonds. The van der Waals surface area contributed by atoms with Crippen LogP contribution in [0.4, 0.5) is 0 Å². The van der Waals surface area contributed by atoms with Crippen molar-refractivity contribution in [2.45, 2.75) is 70.7 Å². The molecule has 1 heterocycles. The first kappa shape index (κ1) is 27.2. The van der Waals surface area contributed by atoms with Crippen LogP contribution < -0.4 is 23.4 Å². The van der Waals surface area contributed by atoms with Crippen molar-refractivity contribution in [1.29, 1.82) is 0 Å². The largest absolute Gasteiger partial charge is 0.541 e. The highest BCUT2D eigenvalue weighted by Crippen LogP contribution is 2.51. The minimum Gasteiger partial charge on any atom is -0.541 e. The first-order valence-electron chi connectivity index (χ1n) is 11.8. The molecule has 8 heteroatoms. The van der Waals surface area contributed by atoms with Gasteiger partial charge >= 0.3 is 0 Å². The maximum absolute atomic E-state index is 6.65. The molecular weight excluding hydrogens is 464 g/mol. The van der Waals surface area contributed by atoms with E-state index in [0.29, 0.717) is 28.7 Å². The van der Waals surface area contributed by atoms with Gasteiger partial charge in [0.05, 0.1) is 28.4 Å². The molecule has 2 atom stereocenters. The third-order valence-corrected chi connectivity index (χ3v) is 11.1. The van der Waals surface area contributed by atoms with Gasteiger partial charge in [-0.2, -0.15) is 0 Å². The van der Waals surface area contributed by atoms with Gasteiger partial charge in [0.25, 0.3) is 8.32 Å². The van der Waals surface area contributed by atoms with E-state index in [1.54, 1.807) is 28.4 Å². The zero-order valence-corrected chi connectivity index (χ0v) is 23.9. The van der Waals surface area contributed by atoms with E-state index in [-0.39, 0.29) is 11.1 Å². The smallest absolute Gasteiger partial charge is 0.250 e. The molecule has 35 heavy (non-hydrogen) atoms. The zero-order chi connectivity index (χ0) is 26.2. The molecule has 2 aromatic rings. The highest BCUT2D eigenvalue weighted by molar-refractivity contribution is 6.74. The second-order valence-electron chi connectivity index (χ2n) is 10.7. The fourth-order valence-corrected chi connectivity index (χ4v) is 4.91. The van der Waals surface area contributed by atoms with Gasteiger partial charge in [0.1, 0.15) is 18.0 Å². The quantitative estimate of drug-likeness (QED) is 0.372. The van der Waals surface area contributed by atoms with E-state index in [9.17, 15) is 0 Å². The Morgan fingerprint density at radius 3 is 1.66 bits per heavy atom. The van der Waals surface area contributed by atoms with Gasteiger partial charge in [-0.25, -0.2) is 0 Å². The Bertz CT molecular complexity index is 1020. The van der Waals surface area contributed by atoms with Crippen LogP contribution in [-0.2, 0) is 9.47 Å². The lowest BCUT2D eigenvalue weighted by Gasteiger charge is -2.37. The number of hydrogen-bond donors (Lipinski definition) is 0. The predicted octanol–water partition coefficient (Wildman–Crippen LogP) is 6.67. The summed E-state index contributed by atoms with van der Waals surface area (Å²) in [5.41, 5.74) is 1.79. The summed E-state index contributed by atoms with van der Waals surface area (Å²) in [4.78, 5) is 0. The molecule has 1 aliphatic heterocycles. The number of methoxy groups -OCH3 is 4. The molecule has 0 aliphatic carbocycles.